The zero-order valence-corrected chi connectivity index (χ0v) is 12.5. The molecule has 0 spiro atoms. The van der Waals surface area contributed by atoms with Crippen LogP contribution in [-0.4, -0.2) is 40.2 Å². The van der Waals surface area contributed by atoms with Gasteiger partial charge in [-0.2, -0.15) is 11.8 Å². The average molecular weight is 287 g/mol. The average Bonchev–Trinajstić information content (AvgIpc) is 2.37. The van der Waals surface area contributed by atoms with Gasteiger partial charge in [-0.15, -0.1) is 0 Å². The molecule has 0 saturated carbocycles. The van der Waals surface area contributed by atoms with E-state index in [2.05, 4.69) is 11.6 Å². The number of aliphatic hydroxyl groups is 1. The Morgan fingerprint density at radius 1 is 1.39 bits per heavy atom. The lowest BCUT2D eigenvalue weighted by Crippen LogP contribution is -2.31. The molecule has 0 fully saturated rings. The highest BCUT2D eigenvalue weighted by atomic mass is 32.2. The Labute approximate surface area is 116 Å². The predicted molar refractivity (Wildman–Crippen MR) is 79.5 cm³/mol. The number of benzene rings is 1. The first-order valence-corrected chi connectivity index (χ1v) is 8.88. The summed E-state index contributed by atoms with van der Waals surface area (Å²) in [7, 11) is -0.913. The molecular formula is C13H21NO2S2. The maximum Gasteiger partial charge on any atom is 0.0498 e. The first-order valence-electron chi connectivity index (χ1n) is 5.93. The van der Waals surface area contributed by atoms with Crippen molar-refractivity contribution in [3.63, 3.8) is 0 Å². The fourth-order valence-corrected chi connectivity index (χ4v) is 2.87. The van der Waals surface area contributed by atoms with E-state index in [9.17, 15) is 4.21 Å². The molecule has 1 aromatic carbocycles. The molecule has 1 rings (SSSR count). The van der Waals surface area contributed by atoms with Crippen LogP contribution in [0.1, 0.15) is 12.0 Å². The molecule has 0 bridgehead atoms. The summed E-state index contributed by atoms with van der Waals surface area (Å²) in [6.07, 6.45) is 4.53. The van der Waals surface area contributed by atoms with Crippen molar-refractivity contribution in [1.82, 2.24) is 5.32 Å². The Hall–Kier alpha value is -0.360. The second-order valence-electron chi connectivity index (χ2n) is 4.14. The zero-order valence-electron chi connectivity index (χ0n) is 10.9. The molecule has 2 unspecified atom stereocenters. The van der Waals surface area contributed by atoms with Gasteiger partial charge in [-0.3, -0.25) is 4.21 Å². The van der Waals surface area contributed by atoms with Crippen LogP contribution in [0, 0.1) is 0 Å². The molecule has 2 N–H and O–H groups in total. The van der Waals surface area contributed by atoms with Crippen molar-refractivity contribution in [3.8, 4) is 0 Å². The van der Waals surface area contributed by atoms with Gasteiger partial charge in [0.15, 0.2) is 0 Å². The molecule has 0 radical (unpaired) electrons. The Balaban J connectivity index is 2.48. The van der Waals surface area contributed by atoms with Crippen LogP contribution in [0.25, 0.3) is 0 Å². The third-order valence-corrected chi connectivity index (χ3v) is 4.37. The summed E-state index contributed by atoms with van der Waals surface area (Å²) >= 11 is 1.78. The van der Waals surface area contributed by atoms with Gasteiger partial charge in [0.2, 0.25) is 0 Å². The number of hydrogen-bond acceptors (Lipinski definition) is 4. The lowest BCUT2D eigenvalue weighted by atomic mass is 10.2. The predicted octanol–water partition coefficient (Wildman–Crippen LogP) is 1.63. The van der Waals surface area contributed by atoms with Gasteiger partial charge in [-0.1, -0.05) is 12.1 Å². The van der Waals surface area contributed by atoms with E-state index in [0.29, 0.717) is 6.04 Å². The zero-order chi connectivity index (χ0) is 13.4. The standard InChI is InChI=1S/C13H21NO2S2/c1-17-10-12(7-8-15)14-9-11-3-5-13(6-4-11)18(2)16/h3-6,12,14-15H,7-10H2,1-2H3. The van der Waals surface area contributed by atoms with Crippen molar-refractivity contribution in [3.05, 3.63) is 29.8 Å². The second-order valence-corrected chi connectivity index (χ2v) is 6.43. The minimum Gasteiger partial charge on any atom is -0.396 e. The van der Waals surface area contributed by atoms with Crippen molar-refractivity contribution in [2.45, 2.75) is 23.9 Å². The number of nitrogens with one attached hydrogen (secondary N) is 1. The van der Waals surface area contributed by atoms with E-state index in [1.807, 2.05) is 24.3 Å². The van der Waals surface area contributed by atoms with E-state index in [1.54, 1.807) is 18.0 Å². The molecule has 0 aliphatic heterocycles. The maximum atomic E-state index is 11.3. The van der Waals surface area contributed by atoms with Crippen LogP contribution in [0.5, 0.6) is 0 Å². The summed E-state index contributed by atoms with van der Waals surface area (Å²) in [4.78, 5) is 0.856. The Morgan fingerprint density at radius 2 is 2.06 bits per heavy atom. The summed E-state index contributed by atoms with van der Waals surface area (Å²) in [6, 6.07) is 8.15. The van der Waals surface area contributed by atoms with Crippen LogP contribution in [0.3, 0.4) is 0 Å². The lowest BCUT2D eigenvalue weighted by Gasteiger charge is -2.16. The first kappa shape index (κ1) is 15.7. The summed E-state index contributed by atoms with van der Waals surface area (Å²) in [5.74, 6) is 0.998. The SMILES string of the molecule is CSCC(CCO)NCc1ccc(S(C)=O)cc1. The smallest absolute Gasteiger partial charge is 0.0498 e. The number of hydrogen-bond donors (Lipinski definition) is 2. The Kier molecular flexibility index (Phi) is 7.58. The lowest BCUT2D eigenvalue weighted by molar-refractivity contribution is 0.270. The Bertz CT molecular complexity index is 362. The van der Waals surface area contributed by atoms with E-state index < -0.39 is 10.8 Å². The highest BCUT2D eigenvalue weighted by Gasteiger charge is 2.06. The monoisotopic (exact) mass is 287 g/mol. The fraction of sp³-hybridized carbons (Fsp3) is 0.538. The quantitative estimate of drug-likeness (QED) is 0.763. The van der Waals surface area contributed by atoms with Crippen molar-refractivity contribution in [2.75, 3.05) is 24.9 Å². The molecule has 0 heterocycles. The minimum atomic E-state index is -0.913. The van der Waals surface area contributed by atoms with Crippen LogP contribution < -0.4 is 5.32 Å². The molecule has 0 aliphatic carbocycles. The van der Waals surface area contributed by atoms with Gasteiger partial charge in [0, 0.05) is 46.9 Å². The van der Waals surface area contributed by atoms with Crippen molar-refractivity contribution >= 4 is 22.6 Å². The topological polar surface area (TPSA) is 49.3 Å². The van der Waals surface area contributed by atoms with Gasteiger partial charge < -0.3 is 10.4 Å². The van der Waals surface area contributed by atoms with Crippen LogP contribution in [0.4, 0.5) is 0 Å². The molecule has 0 aromatic heterocycles. The van der Waals surface area contributed by atoms with Crippen LogP contribution >= 0.6 is 11.8 Å². The van der Waals surface area contributed by atoms with Gasteiger partial charge in [-0.25, -0.2) is 0 Å². The summed E-state index contributed by atoms with van der Waals surface area (Å²) in [5, 5.41) is 12.4. The van der Waals surface area contributed by atoms with Crippen LogP contribution in [0.15, 0.2) is 29.2 Å². The van der Waals surface area contributed by atoms with Crippen molar-refractivity contribution in [1.29, 1.82) is 0 Å². The third-order valence-electron chi connectivity index (χ3n) is 2.70. The minimum absolute atomic E-state index is 0.214. The summed E-state index contributed by atoms with van der Waals surface area (Å²) < 4.78 is 11.3. The Morgan fingerprint density at radius 3 is 2.56 bits per heavy atom. The maximum absolute atomic E-state index is 11.3. The molecule has 102 valence electrons. The van der Waals surface area contributed by atoms with E-state index in [-0.39, 0.29) is 6.61 Å². The van der Waals surface area contributed by atoms with Gasteiger partial charge in [0.25, 0.3) is 0 Å². The second kappa shape index (κ2) is 8.69. The number of rotatable bonds is 8. The van der Waals surface area contributed by atoms with E-state index >= 15 is 0 Å². The van der Waals surface area contributed by atoms with E-state index in [1.165, 1.54) is 5.56 Å². The molecule has 0 aliphatic rings. The number of thioether (sulfide) groups is 1. The van der Waals surface area contributed by atoms with Gasteiger partial charge >= 0.3 is 0 Å². The van der Waals surface area contributed by atoms with Gasteiger partial charge in [-0.05, 0) is 30.4 Å². The molecule has 1 aromatic rings. The van der Waals surface area contributed by atoms with Gasteiger partial charge in [0.05, 0.1) is 0 Å². The normalized spacial score (nSPS) is 14.4. The van der Waals surface area contributed by atoms with Crippen molar-refractivity contribution < 1.29 is 9.32 Å². The molecule has 0 amide bonds. The summed E-state index contributed by atoms with van der Waals surface area (Å²) in [5.41, 5.74) is 1.17. The number of aliphatic hydroxyl groups excluding tert-OH is 1. The van der Waals surface area contributed by atoms with E-state index in [0.717, 1.165) is 23.6 Å². The van der Waals surface area contributed by atoms with Crippen LogP contribution in [-0.2, 0) is 17.3 Å². The van der Waals surface area contributed by atoms with Gasteiger partial charge in [0.1, 0.15) is 0 Å². The summed E-state index contributed by atoms with van der Waals surface area (Å²) in [6.45, 7) is 0.994. The fourth-order valence-electron chi connectivity index (χ4n) is 1.66. The molecule has 0 saturated heterocycles. The molecule has 2 atom stereocenters. The molecular weight excluding hydrogens is 266 g/mol. The van der Waals surface area contributed by atoms with E-state index in [4.69, 9.17) is 5.11 Å². The molecule has 18 heavy (non-hydrogen) atoms. The van der Waals surface area contributed by atoms with Crippen LogP contribution in [0.2, 0.25) is 0 Å². The van der Waals surface area contributed by atoms with Crippen molar-refractivity contribution in [2.24, 2.45) is 0 Å². The largest absolute Gasteiger partial charge is 0.396 e. The third kappa shape index (κ3) is 5.52. The molecule has 5 heteroatoms. The highest BCUT2D eigenvalue weighted by molar-refractivity contribution is 7.98. The molecule has 3 nitrogen and oxygen atoms in total. The first-order chi connectivity index (χ1) is 8.67. The highest BCUT2D eigenvalue weighted by Crippen LogP contribution is 2.08.